The third kappa shape index (κ3) is 5.91. The maximum atomic E-state index is 11.9. The van der Waals surface area contributed by atoms with Crippen LogP contribution < -0.4 is 10.1 Å². The van der Waals surface area contributed by atoms with Crippen LogP contribution in [0.1, 0.15) is 24.8 Å². The van der Waals surface area contributed by atoms with E-state index in [9.17, 15) is 13.2 Å². The maximum absolute atomic E-state index is 11.9. The molecular formula is C13H18F3NO. The minimum absolute atomic E-state index is 0.169. The Kier molecular flexibility index (Phi) is 5.98. The van der Waals surface area contributed by atoms with E-state index in [1.54, 1.807) is 7.11 Å². The molecule has 0 bridgehead atoms. The minimum Gasteiger partial charge on any atom is -0.496 e. The van der Waals surface area contributed by atoms with Crippen molar-refractivity contribution in [2.75, 3.05) is 13.7 Å². The van der Waals surface area contributed by atoms with Gasteiger partial charge in [0.1, 0.15) is 5.75 Å². The summed E-state index contributed by atoms with van der Waals surface area (Å²) in [6.45, 7) is 1.18. The van der Waals surface area contributed by atoms with Crippen molar-refractivity contribution in [3.8, 4) is 5.75 Å². The van der Waals surface area contributed by atoms with E-state index in [1.807, 2.05) is 24.3 Å². The molecule has 1 aromatic rings. The average molecular weight is 261 g/mol. The van der Waals surface area contributed by atoms with E-state index in [1.165, 1.54) is 0 Å². The third-order valence-corrected chi connectivity index (χ3v) is 2.57. The Morgan fingerprint density at radius 2 is 1.89 bits per heavy atom. The molecule has 0 heterocycles. The second-order valence-electron chi connectivity index (χ2n) is 4.06. The van der Waals surface area contributed by atoms with Crippen molar-refractivity contribution >= 4 is 0 Å². The number of benzene rings is 1. The first-order chi connectivity index (χ1) is 8.53. The molecule has 0 aliphatic rings. The molecule has 0 saturated heterocycles. The molecule has 5 heteroatoms. The van der Waals surface area contributed by atoms with Gasteiger partial charge in [-0.2, -0.15) is 13.2 Å². The zero-order valence-corrected chi connectivity index (χ0v) is 10.4. The molecule has 2 nitrogen and oxygen atoms in total. The van der Waals surface area contributed by atoms with Gasteiger partial charge in [-0.05, 0) is 25.5 Å². The highest BCUT2D eigenvalue weighted by molar-refractivity contribution is 5.32. The number of unbranched alkanes of at least 4 members (excludes halogenated alkanes) is 1. The normalized spacial score (nSPS) is 11.6. The highest BCUT2D eigenvalue weighted by atomic mass is 19.4. The van der Waals surface area contributed by atoms with Crippen LogP contribution in [0.5, 0.6) is 5.75 Å². The van der Waals surface area contributed by atoms with E-state index < -0.39 is 12.6 Å². The largest absolute Gasteiger partial charge is 0.496 e. The van der Waals surface area contributed by atoms with Crippen molar-refractivity contribution in [1.29, 1.82) is 0 Å². The van der Waals surface area contributed by atoms with E-state index in [4.69, 9.17) is 4.74 Å². The van der Waals surface area contributed by atoms with Gasteiger partial charge in [0.15, 0.2) is 0 Å². The molecule has 0 fully saturated rings. The van der Waals surface area contributed by atoms with Crippen LogP contribution in [0.15, 0.2) is 24.3 Å². The van der Waals surface area contributed by atoms with Crippen LogP contribution in [0.2, 0.25) is 0 Å². The highest BCUT2D eigenvalue weighted by Crippen LogP contribution is 2.22. The molecule has 0 aliphatic carbocycles. The van der Waals surface area contributed by atoms with Crippen LogP contribution in [0.4, 0.5) is 13.2 Å². The molecule has 0 amide bonds. The summed E-state index contributed by atoms with van der Waals surface area (Å²) >= 11 is 0. The number of halogens is 3. The van der Waals surface area contributed by atoms with Crippen molar-refractivity contribution in [3.05, 3.63) is 29.8 Å². The molecule has 1 rings (SSSR count). The molecule has 0 radical (unpaired) electrons. The quantitative estimate of drug-likeness (QED) is 0.758. The number of para-hydroxylation sites is 1. The average Bonchev–Trinajstić information content (AvgIpc) is 2.32. The van der Waals surface area contributed by atoms with Gasteiger partial charge in [0.2, 0.25) is 0 Å². The second-order valence-corrected chi connectivity index (χ2v) is 4.06. The Morgan fingerprint density at radius 3 is 2.56 bits per heavy atom. The first kappa shape index (κ1) is 14.8. The fourth-order valence-corrected chi connectivity index (χ4v) is 1.65. The van der Waals surface area contributed by atoms with Crippen molar-refractivity contribution in [1.82, 2.24) is 5.32 Å². The summed E-state index contributed by atoms with van der Waals surface area (Å²) < 4.78 is 40.9. The molecular weight excluding hydrogens is 243 g/mol. The van der Waals surface area contributed by atoms with E-state index >= 15 is 0 Å². The number of hydrogen-bond donors (Lipinski definition) is 1. The number of methoxy groups -OCH3 is 1. The molecule has 18 heavy (non-hydrogen) atoms. The molecule has 0 atom stereocenters. The summed E-state index contributed by atoms with van der Waals surface area (Å²) in [4.78, 5) is 0. The van der Waals surface area contributed by atoms with E-state index in [0.717, 1.165) is 11.3 Å². The number of ether oxygens (including phenoxy) is 1. The Hall–Kier alpha value is -1.23. The Morgan fingerprint density at radius 1 is 1.17 bits per heavy atom. The van der Waals surface area contributed by atoms with Gasteiger partial charge < -0.3 is 10.1 Å². The fourth-order valence-electron chi connectivity index (χ4n) is 1.65. The summed E-state index contributed by atoms with van der Waals surface area (Å²) in [5, 5.41) is 3.12. The fraction of sp³-hybridized carbons (Fsp3) is 0.538. The Balaban J connectivity index is 2.18. The van der Waals surface area contributed by atoms with Gasteiger partial charge in [0, 0.05) is 18.5 Å². The van der Waals surface area contributed by atoms with Crippen LogP contribution in [0.25, 0.3) is 0 Å². The van der Waals surface area contributed by atoms with Gasteiger partial charge in [-0.15, -0.1) is 0 Å². The van der Waals surface area contributed by atoms with Crippen LogP contribution in [0, 0.1) is 0 Å². The monoisotopic (exact) mass is 261 g/mol. The Labute approximate surface area is 105 Å². The minimum atomic E-state index is -4.04. The lowest BCUT2D eigenvalue weighted by atomic mass is 10.2. The smallest absolute Gasteiger partial charge is 0.389 e. The van der Waals surface area contributed by atoms with Gasteiger partial charge >= 0.3 is 6.18 Å². The summed E-state index contributed by atoms with van der Waals surface area (Å²) in [5.74, 6) is 0.792. The summed E-state index contributed by atoms with van der Waals surface area (Å²) in [5.41, 5.74) is 1.01. The lowest BCUT2D eigenvalue weighted by Crippen LogP contribution is -2.16. The van der Waals surface area contributed by atoms with Crippen LogP contribution in [0.3, 0.4) is 0 Å². The zero-order valence-electron chi connectivity index (χ0n) is 10.4. The van der Waals surface area contributed by atoms with Crippen molar-refractivity contribution in [2.45, 2.75) is 32.0 Å². The predicted octanol–water partition coefficient (Wildman–Crippen LogP) is 3.52. The van der Waals surface area contributed by atoms with Crippen LogP contribution >= 0.6 is 0 Å². The van der Waals surface area contributed by atoms with Gasteiger partial charge in [0.05, 0.1) is 7.11 Å². The molecule has 0 spiro atoms. The van der Waals surface area contributed by atoms with Crippen LogP contribution in [-0.2, 0) is 6.54 Å². The first-order valence-electron chi connectivity index (χ1n) is 5.92. The maximum Gasteiger partial charge on any atom is 0.389 e. The third-order valence-electron chi connectivity index (χ3n) is 2.57. The van der Waals surface area contributed by atoms with Crippen molar-refractivity contribution in [3.63, 3.8) is 0 Å². The molecule has 0 aromatic heterocycles. The lowest BCUT2D eigenvalue weighted by Gasteiger charge is -2.09. The molecule has 1 aromatic carbocycles. The molecule has 0 unspecified atom stereocenters. The SMILES string of the molecule is COc1ccccc1CNCCCCC(F)(F)F. The van der Waals surface area contributed by atoms with E-state index in [0.29, 0.717) is 19.5 Å². The van der Waals surface area contributed by atoms with E-state index in [2.05, 4.69) is 5.32 Å². The van der Waals surface area contributed by atoms with Crippen LogP contribution in [-0.4, -0.2) is 19.8 Å². The first-order valence-corrected chi connectivity index (χ1v) is 5.92. The standard InChI is InChI=1S/C13H18F3NO/c1-18-12-7-3-2-6-11(12)10-17-9-5-4-8-13(14,15)16/h2-3,6-7,17H,4-5,8-10H2,1H3. The molecule has 102 valence electrons. The van der Waals surface area contributed by atoms with Gasteiger partial charge in [0.25, 0.3) is 0 Å². The molecule has 0 aliphatic heterocycles. The predicted molar refractivity (Wildman–Crippen MR) is 64.6 cm³/mol. The van der Waals surface area contributed by atoms with Gasteiger partial charge in [-0.1, -0.05) is 18.2 Å². The second kappa shape index (κ2) is 7.26. The number of hydrogen-bond acceptors (Lipinski definition) is 2. The number of rotatable bonds is 7. The molecule has 1 N–H and O–H groups in total. The zero-order chi connectivity index (χ0) is 13.4. The number of nitrogens with one attached hydrogen (secondary N) is 1. The number of alkyl halides is 3. The van der Waals surface area contributed by atoms with Gasteiger partial charge in [-0.25, -0.2) is 0 Å². The summed E-state index contributed by atoms with van der Waals surface area (Å²) in [6, 6.07) is 7.58. The van der Waals surface area contributed by atoms with E-state index in [-0.39, 0.29) is 6.42 Å². The van der Waals surface area contributed by atoms with Crippen molar-refractivity contribution in [2.24, 2.45) is 0 Å². The Bertz CT molecular complexity index is 352. The summed E-state index contributed by atoms with van der Waals surface area (Å²) in [7, 11) is 1.60. The van der Waals surface area contributed by atoms with Gasteiger partial charge in [-0.3, -0.25) is 0 Å². The van der Waals surface area contributed by atoms with Crippen molar-refractivity contribution < 1.29 is 17.9 Å². The lowest BCUT2D eigenvalue weighted by molar-refractivity contribution is -0.135. The molecule has 0 saturated carbocycles. The highest BCUT2D eigenvalue weighted by Gasteiger charge is 2.25. The topological polar surface area (TPSA) is 21.3 Å². The summed E-state index contributed by atoms with van der Waals surface area (Å²) in [6.07, 6.45) is -4.05.